The fourth-order valence-corrected chi connectivity index (χ4v) is 5.17. The Labute approximate surface area is 222 Å². The van der Waals surface area contributed by atoms with Crippen molar-refractivity contribution >= 4 is 32.3 Å². The Morgan fingerprint density at radius 2 is 0.750 bits per heavy atom. The lowest BCUT2D eigenvalue weighted by Gasteiger charge is -2.19. The Bertz CT molecular complexity index is 2210. The van der Waals surface area contributed by atoms with Crippen LogP contribution in [0.15, 0.2) is 145 Å². The predicted molar refractivity (Wildman–Crippen MR) is 155 cm³/mol. The van der Waals surface area contributed by atoms with E-state index >= 15 is 0 Å². The third-order valence-electron chi connectivity index (χ3n) is 6.72. The van der Waals surface area contributed by atoms with Crippen LogP contribution in [0.1, 0.15) is 11.0 Å². The first-order chi connectivity index (χ1) is 21.2. The van der Waals surface area contributed by atoms with Crippen molar-refractivity contribution in [2.75, 3.05) is 0 Å². The van der Waals surface area contributed by atoms with Gasteiger partial charge in [0.15, 0.2) is 0 Å². The summed E-state index contributed by atoms with van der Waals surface area (Å²) in [5.74, 6) is 0. The second-order valence-electron chi connectivity index (χ2n) is 8.69. The Morgan fingerprint density at radius 3 is 1.31 bits per heavy atom. The molecule has 0 aliphatic carbocycles. The molecule has 0 heterocycles. The lowest BCUT2D eigenvalue weighted by atomic mass is 9.84. The van der Waals surface area contributed by atoms with Crippen molar-refractivity contribution in [3.05, 3.63) is 145 Å². The van der Waals surface area contributed by atoms with Crippen LogP contribution in [0.25, 0.3) is 65.7 Å². The Morgan fingerprint density at radius 1 is 0.333 bits per heavy atom. The van der Waals surface area contributed by atoms with Gasteiger partial charge in [-0.3, -0.25) is 0 Å². The summed E-state index contributed by atoms with van der Waals surface area (Å²) in [6.07, 6.45) is 0. The molecule has 0 amide bonds. The first-order valence-electron chi connectivity index (χ1n) is 15.8. The lowest BCUT2D eigenvalue weighted by Crippen LogP contribution is -1.92. The minimum Gasteiger partial charge on any atom is -0.0622 e. The zero-order valence-electron chi connectivity index (χ0n) is 27.2. The van der Waals surface area contributed by atoms with Crippen LogP contribution in [0.3, 0.4) is 0 Å². The van der Waals surface area contributed by atoms with Crippen LogP contribution in [-0.4, -0.2) is 0 Å². The van der Waals surface area contributed by atoms with E-state index in [-0.39, 0.29) is 45.7 Å². The van der Waals surface area contributed by atoms with Gasteiger partial charge in [0.1, 0.15) is 0 Å². The molecular formula is C36H24. The molecule has 168 valence electrons. The van der Waals surface area contributed by atoms with Gasteiger partial charge in [-0.05, 0) is 65.7 Å². The molecule has 7 aromatic carbocycles. The van der Waals surface area contributed by atoms with Gasteiger partial charge < -0.3 is 0 Å². The lowest BCUT2D eigenvalue weighted by molar-refractivity contribution is 1.64. The zero-order valence-corrected chi connectivity index (χ0v) is 19.2. The average molecular weight is 465 g/mol. The van der Waals surface area contributed by atoms with Crippen molar-refractivity contribution in [3.63, 3.8) is 0 Å². The van der Waals surface area contributed by atoms with Gasteiger partial charge in [-0.15, -0.1) is 0 Å². The maximum Gasteiger partial charge on any atom is 0.0629 e. The molecule has 0 aliphatic heterocycles. The molecule has 0 radical (unpaired) electrons. The van der Waals surface area contributed by atoms with Gasteiger partial charge >= 0.3 is 0 Å². The number of hydrogen-bond donors (Lipinski definition) is 0. The Balaban J connectivity index is 1.80. The highest BCUT2D eigenvalue weighted by atomic mass is 14.2. The molecule has 0 fully saturated rings. The van der Waals surface area contributed by atoms with E-state index in [4.69, 9.17) is 8.22 Å². The minimum absolute atomic E-state index is 0.213. The molecule has 0 N–H and O–H groups in total. The molecule has 7 aromatic rings. The highest BCUT2D eigenvalue weighted by molar-refractivity contribution is 6.24. The summed E-state index contributed by atoms with van der Waals surface area (Å²) in [6, 6.07) is 27.9. The summed E-state index contributed by atoms with van der Waals surface area (Å²) in [7, 11) is 0. The molecule has 0 aliphatic rings. The number of benzene rings is 7. The normalized spacial score (nSPS) is 14.4. The van der Waals surface area contributed by atoms with E-state index in [2.05, 4.69) is 0 Å². The summed E-state index contributed by atoms with van der Waals surface area (Å²) in [6.45, 7) is 0. The van der Waals surface area contributed by atoms with Crippen molar-refractivity contribution in [2.45, 2.75) is 0 Å². The second-order valence-corrected chi connectivity index (χ2v) is 8.69. The summed E-state index contributed by atoms with van der Waals surface area (Å²) < 4.78 is 71.0. The maximum atomic E-state index is 9.17. The molecule has 0 atom stereocenters. The molecule has 0 saturated heterocycles. The second kappa shape index (κ2) is 8.52. The van der Waals surface area contributed by atoms with Gasteiger partial charge in [0.05, 0.1) is 11.0 Å². The molecule has 0 saturated carbocycles. The van der Waals surface area contributed by atoms with Crippen LogP contribution in [0, 0.1) is 0 Å². The number of fused-ring (bicyclic) bond motifs is 3. The molecule has 0 heteroatoms. The molecule has 0 spiro atoms. The van der Waals surface area contributed by atoms with Gasteiger partial charge in [0.2, 0.25) is 0 Å². The van der Waals surface area contributed by atoms with Gasteiger partial charge in [-0.1, -0.05) is 145 Å². The van der Waals surface area contributed by atoms with E-state index in [1.165, 1.54) is 0 Å². The molecule has 0 unspecified atom stereocenters. The van der Waals surface area contributed by atoms with Crippen LogP contribution >= 0.6 is 0 Å². The van der Waals surface area contributed by atoms with E-state index in [1.807, 2.05) is 72.8 Å². The summed E-state index contributed by atoms with van der Waals surface area (Å²) in [5, 5.41) is 2.56. The fourth-order valence-electron chi connectivity index (χ4n) is 5.17. The van der Waals surface area contributed by atoms with Gasteiger partial charge in [-0.25, -0.2) is 0 Å². The standard InChI is InChI=1S/C36H24/c1-3-13-25(14-4-1)27-23-24-34(29-18-8-7-17-28(27)29)36-32-21-11-9-19-30(32)35(26-15-5-2-6-16-26)31-20-10-12-22-33(31)36/h1-24H/i9D,10D,11D,12D,19D,20D,21D,22D. The first kappa shape index (κ1) is 14.0. The number of hydrogen-bond acceptors (Lipinski definition) is 0. The molecular weight excluding hydrogens is 432 g/mol. The highest BCUT2D eigenvalue weighted by Gasteiger charge is 2.18. The Hall–Kier alpha value is -4.68. The van der Waals surface area contributed by atoms with Crippen molar-refractivity contribution in [3.8, 4) is 33.4 Å². The zero-order chi connectivity index (χ0) is 30.9. The summed E-state index contributed by atoms with van der Waals surface area (Å²) in [5.41, 5.74) is 3.89. The molecule has 0 nitrogen and oxygen atoms in total. The van der Waals surface area contributed by atoms with Crippen LogP contribution in [-0.2, 0) is 0 Å². The van der Waals surface area contributed by atoms with Gasteiger partial charge in [-0.2, -0.15) is 0 Å². The van der Waals surface area contributed by atoms with E-state index < -0.39 is 24.2 Å². The molecule has 7 rings (SSSR count). The third kappa shape index (κ3) is 3.23. The average Bonchev–Trinajstić information content (AvgIpc) is 3.07. The largest absolute Gasteiger partial charge is 0.0629 e. The van der Waals surface area contributed by atoms with E-state index in [9.17, 15) is 2.74 Å². The third-order valence-corrected chi connectivity index (χ3v) is 6.72. The monoisotopic (exact) mass is 464 g/mol. The van der Waals surface area contributed by atoms with Crippen molar-refractivity contribution in [2.24, 2.45) is 0 Å². The van der Waals surface area contributed by atoms with Crippen molar-refractivity contribution in [1.82, 2.24) is 0 Å². The summed E-state index contributed by atoms with van der Waals surface area (Å²) in [4.78, 5) is 0. The first-order valence-corrected chi connectivity index (χ1v) is 11.8. The van der Waals surface area contributed by atoms with Crippen LogP contribution in [0.2, 0.25) is 0 Å². The van der Waals surface area contributed by atoms with Crippen LogP contribution < -0.4 is 0 Å². The van der Waals surface area contributed by atoms with Crippen molar-refractivity contribution in [1.29, 1.82) is 0 Å². The predicted octanol–water partition coefficient (Wildman–Crippen LogP) is 10.1. The fraction of sp³-hybridized carbons (Fsp3) is 0. The number of rotatable bonds is 3. The maximum absolute atomic E-state index is 9.17. The van der Waals surface area contributed by atoms with Crippen LogP contribution in [0.4, 0.5) is 0 Å². The molecule has 0 aromatic heterocycles. The highest BCUT2D eigenvalue weighted by Crippen LogP contribution is 2.46. The van der Waals surface area contributed by atoms with Gasteiger partial charge in [0.25, 0.3) is 0 Å². The molecule has 36 heavy (non-hydrogen) atoms. The smallest absolute Gasteiger partial charge is 0.0622 e. The van der Waals surface area contributed by atoms with Crippen molar-refractivity contribution < 1.29 is 11.0 Å². The van der Waals surface area contributed by atoms with E-state index in [0.29, 0.717) is 22.3 Å². The van der Waals surface area contributed by atoms with Gasteiger partial charge in [0, 0.05) is 0 Å². The molecule has 0 bridgehead atoms. The summed E-state index contributed by atoms with van der Waals surface area (Å²) >= 11 is 0. The van der Waals surface area contributed by atoms with Crippen LogP contribution in [0.5, 0.6) is 0 Å². The van der Waals surface area contributed by atoms with E-state index in [1.54, 1.807) is 24.3 Å². The Kier molecular flexibility index (Phi) is 3.32. The quantitative estimate of drug-likeness (QED) is 0.228. The minimum atomic E-state index is -0.409. The topological polar surface area (TPSA) is 0 Å². The van der Waals surface area contributed by atoms with E-state index in [0.717, 1.165) is 21.9 Å². The SMILES string of the molecule is [2H]c1c([2H])c([2H])c2c(-c3ccc(-c4ccccc4)c4ccccc34)c3c([2H])c([2H])c([2H])c([2H])c3c(-c3ccccc3)c2c1[2H].